The highest BCUT2D eigenvalue weighted by Gasteiger charge is 2.33. The van der Waals surface area contributed by atoms with Crippen molar-refractivity contribution in [2.24, 2.45) is 0 Å². The summed E-state index contributed by atoms with van der Waals surface area (Å²) in [7, 11) is 0. The number of hydrogen-bond acceptors (Lipinski definition) is 4. The van der Waals surface area contributed by atoms with Crippen molar-refractivity contribution in [3.05, 3.63) is 29.3 Å². The van der Waals surface area contributed by atoms with Crippen molar-refractivity contribution in [1.29, 1.82) is 5.26 Å². The third-order valence-electron chi connectivity index (χ3n) is 4.46. The molecule has 9 heteroatoms. The fourth-order valence-electron chi connectivity index (χ4n) is 2.85. The van der Waals surface area contributed by atoms with E-state index in [-0.39, 0.29) is 24.7 Å². The molecule has 0 unspecified atom stereocenters. The Bertz CT molecular complexity index is 760. The number of nitriles is 1. The van der Waals surface area contributed by atoms with Gasteiger partial charge in [-0.1, -0.05) is 0 Å². The predicted molar refractivity (Wildman–Crippen MR) is 86.1 cm³/mol. The largest absolute Gasteiger partial charge is 0.416 e. The Morgan fingerprint density at radius 1 is 1.15 bits per heavy atom. The van der Waals surface area contributed by atoms with Crippen LogP contribution in [-0.2, 0) is 15.8 Å². The molecule has 0 spiro atoms. The number of hydrogen-bond donors (Lipinski definition) is 1. The van der Waals surface area contributed by atoms with Crippen molar-refractivity contribution in [1.82, 2.24) is 10.2 Å². The molecule has 1 aliphatic carbocycles. The van der Waals surface area contributed by atoms with Gasteiger partial charge in [-0.3, -0.25) is 9.59 Å². The molecule has 1 N–H and O–H groups in total. The molecule has 1 heterocycles. The number of halogens is 3. The molecular weight excluding hydrogens is 349 g/mol. The summed E-state index contributed by atoms with van der Waals surface area (Å²) in [6.07, 6.45) is -2.74. The second kappa shape index (κ2) is 6.86. The highest BCUT2D eigenvalue weighted by atomic mass is 19.4. The molecule has 3 rings (SSSR count). The molecule has 6 nitrogen and oxygen atoms in total. The summed E-state index contributed by atoms with van der Waals surface area (Å²) >= 11 is 0. The molecule has 1 saturated heterocycles. The van der Waals surface area contributed by atoms with Crippen molar-refractivity contribution >= 4 is 17.5 Å². The van der Waals surface area contributed by atoms with Crippen LogP contribution < -0.4 is 10.2 Å². The fourth-order valence-corrected chi connectivity index (χ4v) is 2.85. The standard InChI is InChI=1S/C17H17F3N4O2/c18-17(19,20)12-1-4-14(11(9-12)10-21)23-5-7-24(8-6-23)16(26)15(25)22-13-2-3-13/h1,4,9,13H,2-3,5-8H2,(H,22,25). The molecule has 2 amide bonds. The zero-order valence-electron chi connectivity index (χ0n) is 13.8. The number of rotatable bonds is 2. The van der Waals surface area contributed by atoms with Crippen LogP contribution in [-0.4, -0.2) is 48.9 Å². The molecule has 1 aliphatic heterocycles. The van der Waals surface area contributed by atoms with Crippen LogP contribution in [0.3, 0.4) is 0 Å². The molecule has 1 aromatic carbocycles. The van der Waals surface area contributed by atoms with E-state index in [1.54, 1.807) is 11.0 Å². The Labute approximate surface area is 148 Å². The van der Waals surface area contributed by atoms with E-state index in [2.05, 4.69) is 5.32 Å². The lowest BCUT2D eigenvalue weighted by atomic mass is 10.1. The van der Waals surface area contributed by atoms with Crippen molar-refractivity contribution in [3.63, 3.8) is 0 Å². The molecular formula is C17H17F3N4O2. The maximum Gasteiger partial charge on any atom is 0.416 e. The number of carbonyl (C=O) groups is 2. The van der Waals surface area contributed by atoms with Crippen LogP contribution in [0.5, 0.6) is 0 Å². The quantitative estimate of drug-likeness (QED) is 0.805. The summed E-state index contributed by atoms with van der Waals surface area (Å²) in [6.45, 7) is 1.20. The topological polar surface area (TPSA) is 76.4 Å². The van der Waals surface area contributed by atoms with Gasteiger partial charge in [0.15, 0.2) is 0 Å². The van der Waals surface area contributed by atoms with Crippen LogP contribution in [0.15, 0.2) is 18.2 Å². The van der Waals surface area contributed by atoms with E-state index in [4.69, 9.17) is 0 Å². The SMILES string of the molecule is N#Cc1cc(C(F)(F)F)ccc1N1CCN(C(=O)C(=O)NC2CC2)CC1. The summed E-state index contributed by atoms with van der Waals surface area (Å²) in [5.41, 5.74) is -0.538. The minimum Gasteiger partial charge on any atom is -0.367 e. The zero-order chi connectivity index (χ0) is 18.9. The van der Waals surface area contributed by atoms with E-state index in [1.165, 1.54) is 11.0 Å². The Hall–Kier alpha value is -2.76. The average Bonchev–Trinajstić information content (AvgIpc) is 3.43. The van der Waals surface area contributed by atoms with Gasteiger partial charge in [-0.2, -0.15) is 18.4 Å². The van der Waals surface area contributed by atoms with E-state index in [0.717, 1.165) is 25.0 Å². The van der Waals surface area contributed by atoms with Gasteiger partial charge >= 0.3 is 18.0 Å². The van der Waals surface area contributed by atoms with Crippen LogP contribution in [0.1, 0.15) is 24.0 Å². The summed E-state index contributed by atoms with van der Waals surface area (Å²) in [5, 5.41) is 11.8. The smallest absolute Gasteiger partial charge is 0.367 e. The van der Waals surface area contributed by atoms with Crippen molar-refractivity contribution in [2.45, 2.75) is 25.1 Å². The van der Waals surface area contributed by atoms with Gasteiger partial charge in [-0.05, 0) is 31.0 Å². The molecule has 1 saturated carbocycles. The Kier molecular flexibility index (Phi) is 4.76. The van der Waals surface area contributed by atoms with Crippen LogP contribution in [0.25, 0.3) is 0 Å². The maximum absolute atomic E-state index is 12.8. The van der Waals surface area contributed by atoms with E-state index < -0.39 is 23.6 Å². The lowest BCUT2D eigenvalue weighted by Crippen LogP contribution is -2.53. The van der Waals surface area contributed by atoms with Gasteiger partial charge in [0.25, 0.3) is 0 Å². The molecule has 2 aliphatic rings. The van der Waals surface area contributed by atoms with Gasteiger partial charge in [0.2, 0.25) is 0 Å². The van der Waals surface area contributed by atoms with Gasteiger partial charge in [0, 0.05) is 32.2 Å². The van der Waals surface area contributed by atoms with Gasteiger partial charge in [-0.25, -0.2) is 0 Å². The summed E-state index contributed by atoms with van der Waals surface area (Å²) < 4.78 is 38.4. The highest BCUT2D eigenvalue weighted by Crippen LogP contribution is 2.33. The first-order chi connectivity index (χ1) is 12.3. The maximum atomic E-state index is 12.8. The summed E-state index contributed by atoms with van der Waals surface area (Å²) in [5.74, 6) is -1.21. The Balaban J connectivity index is 1.65. The van der Waals surface area contributed by atoms with Crippen molar-refractivity contribution in [2.75, 3.05) is 31.1 Å². The second-order valence-electron chi connectivity index (χ2n) is 6.37. The molecule has 0 bridgehead atoms. The van der Waals surface area contributed by atoms with E-state index in [9.17, 15) is 28.0 Å². The molecule has 2 fully saturated rings. The number of nitrogens with zero attached hydrogens (tertiary/aromatic N) is 3. The second-order valence-corrected chi connectivity index (χ2v) is 6.37. The van der Waals surface area contributed by atoms with Crippen molar-refractivity contribution in [3.8, 4) is 6.07 Å². The van der Waals surface area contributed by atoms with Crippen LogP contribution >= 0.6 is 0 Å². The number of nitrogens with one attached hydrogen (secondary N) is 1. The minimum absolute atomic E-state index is 0.0638. The summed E-state index contributed by atoms with van der Waals surface area (Å²) in [4.78, 5) is 27.1. The number of anilines is 1. The van der Waals surface area contributed by atoms with Crippen LogP contribution in [0, 0.1) is 11.3 Å². The molecule has 0 radical (unpaired) electrons. The van der Waals surface area contributed by atoms with Gasteiger partial charge in [0.05, 0.1) is 16.8 Å². The monoisotopic (exact) mass is 366 g/mol. The number of alkyl halides is 3. The van der Waals surface area contributed by atoms with E-state index in [0.29, 0.717) is 18.8 Å². The van der Waals surface area contributed by atoms with Gasteiger partial charge < -0.3 is 15.1 Å². The van der Waals surface area contributed by atoms with Crippen molar-refractivity contribution < 1.29 is 22.8 Å². The zero-order valence-corrected chi connectivity index (χ0v) is 13.8. The molecule has 26 heavy (non-hydrogen) atoms. The normalized spacial score (nSPS) is 17.6. The Morgan fingerprint density at radius 2 is 1.81 bits per heavy atom. The lowest BCUT2D eigenvalue weighted by molar-refractivity contribution is -0.146. The van der Waals surface area contributed by atoms with Gasteiger partial charge in [0.1, 0.15) is 6.07 Å². The number of amides is 2. The molecule has 0 aromatic heterocycles. The highest BCUT2D eigenvalue weighted by molar-refractivity contribution is 6.35. The number of benzene rings is 1. The number of piperazine rings is 1. The van der Waals surface area contributed by atoms with Crippen LogP contribution in [0.4, 0.5) is 18.9 Å². The lowest BCUT2D eigenvalue weighted by Gasteiger charge is -2.36. The van der Waals surface area contributed by atoms with Gasteiger partial charge in [-0.15, -0.1) is 0 Å². The first kappa shape index (κ1) is 18.0. The third-order valence-corrected chi connectivity index (χ3v) is 4.46. The Morgan fingerprint density at radius 3 is 2.35 bits per heavy atom. The molecule has 0 atom stereocenters. The molecule has 1 aromatic rings. The third kappa shape index (κ3) is 3.90. The summed E-state index contributed by atoms with van der Waals surface area (Å²) in [6, 6.07) is 4.94. The average molecular weight is 366 g/mol. The van der Waals surface area contributed by atoms with Crippen LogP contribution in [0.2, 0.25) is 0 Å². The first-order valence-corrected chi connectivity index (χ1v) is 8.25. The minimum atomic E-state index is -4.51. The fraction of sp³-hybridized carbons (Fsp3) is 0.471. The van der Waals surface area contributed by atoms with E-state index in [1.807, 2.05) is 0 Å². The van der Waals surface area contributed by atoms with E-state index >= 15 is 0 Å². The predicted octanol–water partition coefficient (Wildman–Crippen LogP) is 1.50. The number of carbonyl (C=O) groups excluding carboxylic acids is 2. The first-order valence-electron chi connectivity index (χ1n) is 8.25. The molecule has 138 valence electrons.